The zero-order valence-electron chi connectivity index (χ0n) is 20.2. The molecule has 184 valence electrons. The molecule has 3 rings (SSSR count). The molecule has 0 fully saturated rings. The summed E-state index contributed by atoms with van der Waals surface area (Å²) >= 11 is 0. The van der Waals surface area contributed by atoms with E-state index in [-0.39, 0.29) is 24.1 Å². The predicted molar refractivity (Wildman–Crippen MR) is 138 cm³/mol. The molecule has 6 N–H and O–H groups in total. The van der Waals surface area contributed by atoms with Crippen molar-refractivity contribution in [2.24, 2.45) is 11.5 Å². The molecule has 0 bridgehead atoms. The van der Waals surface area contributed by atoms with Crippen molar-refractivity contribution in [3.05, 3.63) is 101 Å². The number of nitrogens with zero attached hydrogens (tertiary/aromatic N) is 1. The van der Waals surface area contributed by atoms with Crippen LogP contribution in [0.2, 0.25) is 0 Å². The molecular formula is C28H34N4O3. The first-order valence-electron chi connectivity index (χ1n) is 11.7. The monoisotopic (exact) mass is 474 g/mol. The Balaban J connectivity index is 1.76. The molecule has 0 aliphatic rings. The first-order valence-corrected chi connectivity index (χ1v) is 11.7. The van der Waals surface area contributed by atoms with Crippen LogP contribution in [0.25, 0.3) is 0 Å². The molecule has 0 radical (unpaired) electrons. The van der Waals surface area contributed by atoms with Gasteiger partial charge in [0.25, 0.3) is 0 Å². The highest BCUT2D eigenvalue weighted by atomic mass is 16.3. The number of likely N-dealkylation sites (N-methyl/N-ethyl adjacent to an activating group) is 1. The van der Waals surface area contributed by atoms with Crippen molar-refractivity contribution < 1.29 is 14.7 Å². The summed E-state index contributed by atoms with van der Waals surface area (Å²) in [5.41, 5.74) is 15.5. The third-order valence-electron chi connectivity index (χ3n) is 6.03. The van der Waals surface area contributed by atoms with Crippen LogP contribution in [0.3, 0.4) is 0 Å². The summed E-state index contributed by atoms with van der Waals surface area (Å²) in [7, 11) is 1.85. The van der Waals surface area contributed by atoms with Crippen LogP contribution in [-0.2, 0) is 22.4 Å². The fourth-order valence-corrected chi connectivity index (χ4v) is 4.25. The fraction of sp³-hybridized carbons (Fsp3) is 0.286. The Bertz CT molecular complexity index is 1120. The molecule has 0 saturated carbocycles. The topological polar surface area (TPSA) is 122 Å². The van der Waals surface area contributed by atoms with E-state index in [0.29, 0.717) is 18.5 Å². The molecule has 35 heavy (non-hydrogen) atoms. The van der Waals surface area contributed by atoms with E-state index >= 15 is 0 Å². The average molecular weight is 475 g/mol. The quantitative estimate of drug-likeness (QED) is 0.340. The smallest absolute Gasteiger partial charge is 0.242 e. The van der Waals surface area contributed by atoms with Gasteiger partial charge in [-0.15, -0.1) is 0 Å². The molecule has 0 aromatic heterocycles. The van der Waals surface area contributed by atoms with Gasteiger partial charge in [0.1, 0.15) is 17.8 Å². The number of hydrogen-bond donors (Lipinski definition) is 4. The van der Waals surface area contributed by atoms with Crippen LogP contribution in [0, 0.1) is 6.92 Å². The van der Waals surface area contributed by atoms with Crippen molar-refractivity contribution in [2.75, 3.05) is 13.6 Å². The van der Waals surface area contributed by atoms with Crippen molar-refractivity contribution in [3.8, 4) is 5.75 Å². The third kappa shape index (κ3) is 7.40. The normalized spacial score (nSPS) is 13.7. The van der Waals surface area contributed by atoms with Crippen molar-refractivity contribution in [2.45, 2.75) is 37.9 Å². The molecule has 3 unspecified atom stereocenters. The molecule has 0 spiro atoms. The van der Waals surface area contributed by atoms with E-state index in [9.17, 15) is 14.7 Å². The maximum atomic E-state index is 13.5. The number of nitrogens with two attached hydrogens (primary N) is 2. The van der Waals surface area contributed by atoms with Crippen molar-refractivity contribution >= 4 is 11.8 Å². The molecule has 3 atom stereocenters. The first kappa shape index (κ1) is 25.9. The van der Waals surface area contributed by atoms with Gasteiger partial charge in [-0.2, -0.15) is 0 Å². The largest absolute Gasteiger partial charge is 0.508 e. The van der Waals surface area contributed by atoms with Crippen molar-refractivity contribution in [3.63, 3.8) is 0 Å². The third-order valence-corrected chi connectivity index (χ3v) is 6.03. The summed E-state index contributed by atoms with van der Waals surface area (Å²) in [5.74, 6) is -0.782. The fourth-order valence-electron chi connectivity index (χ4n) is 4.25. The Morgan fingerprint density at radius 2 is 1.57 bits per heavy atom. The Morgan fingerprint density at radius 1 is 0.943 bits per heavy atom. The lowest BCUT2D eigenvalue weighted by atomic mass is 10.00. The van der Waals surface area contributed by atoms with Gasteiger partial charge >= 0.3 is 0 Å². The second kappa shape index (κ2) is 12.1. The van der Waals surface area contributed by atoms with Crippen LogP contribution >= 0.6 is 0 Å². The van der Waals surface area contributed by atoms with E-state index in [2.05, 4.69) is 5.32 Å². The lowest BCUT2D eigenvalue weighted by Crippen LogP contribution is -2.51. The summed E-state index contributed by atoms with van der Waals surface area (Å²) in [6, 6.07) is 22.7. The Morgan fingerprint density at radius 3 is 2.17 bits per heavy atom. The minimum Gasteiger partial charge on any atom is -0.508 e. The minimum absolute atomic E-state index is 0.172. The molecule has 7 heteroatoms. The van der Waals surface area contributed by atoms with Crippen LogP contribution in [0.1, 0.15) is 28.3 Å². The van der Waals surface area contributed by atoms with Gasteiger partial charge in [-0.1, -0.05) is 72.8 Å². The Kier molecular flexibility index (Phi) is 9.00. The molecule has 3 aromatic rings. The molecule has 7 nitrogen and oxygen atoms in total. The number of aromatic hydroxyl groups is 1. The zero-order valence-corrected chi connectivity index (χ0v) is 20.2. The second-order valence-electron chi connectivity index (χ2n) is 8.99. The highest BCUT2D eigenvalue weighted by Gasteiger charge is 2.29. The van der Waals surface area contributed by atoms with E-state index in [1.54, 1.807) is 25.1 Å². The zero-order chi connectivity index (χ0) is 25.4. The average Bonchev–Trinajstić information content (AvgIpc) is 2.82. The number of nitrogens with one attached hydrogen (secondary N) is 1. The lowest BCUT2D eigenvalue weighted by Gasteiger charge is -2.31. The van der Waals surface area contributed by atoms with E-state index in [1.165, 1.54) is 0 Å². The summed E-state index contributed by atoms with van der Waals surface area (Å²) < 4.78 is 0. The van der Waals surface area contributed by atoms with Gasteiger partial charge in [0, 0.05) is 19.0 Å². The number of benzene rings is 3. The number of carbonyl (C=O) groups is 2. The van der Waals surface area contributed by atoms with Gasteiger partial charge in [-0.25, -0.2) is 0 Å². The molecule has 2 amide bonds. The number of primary amides is 1. The minimum atomic E-state index is -0.899. The number of hydrogen-bond acceptors (Lipinski definition) is 5. The van der Waals surface area contributed by atoms with E-state index < -0.39 is 18.0 Å². The standard InChI is InChI=1S/C28H34N4O3/c1-19-15-21(13-14-25(19)33)17-24(27(30)34)31-28(35)26(22-11-7-4-8-12-22)32(2)18-23(29)16-20-9-5-3-6-10-20/h3-15,23-24,26,33H,16-18,29H2,1-2H3,(H2,30,34)(H,31,35). The van der Waals surface area contributed by atoms with Crippen LogP contribution in [-0.4, -0.2) is 47.5 Å². The summed E-state index contributed by atoms with van der Waals surface area (Å²) in [5, 5.41) is 12.6. The number of carbonyl (C=O) groups excluding carboxylic acids is 2. The van der Waals surface area contributed by atoms with E-state index in [1.807, 2.05) is 72.6 Å². The van der Waals surface area contributed by atoms with Gasteiger partial charge in [-0.05, 0) is 48.7 Å². The summed E-state index contributed by atoms with van der Waals surface area (Å²) in [6.45, 7) is 2.25. The van der Waals surface area contributed by atoms with Crippen LogP contribution in [0.4, 0.5) is 0 Å². The highest BCUT2D eigenvalue weighted by molar-refractivity contribution is 5.89. The SMILES string of the molecule is Cc1cc(CC(NC(=O)C(c2ccccc2)N(C)CC(N)Cc2ccccc2)C(N)=O)ccc1O. The van der Waals surface area contributed by atoms with Crippen LogP contribution in [0.15, 0.2) is 78.9 Å². The number of rotatable bonds is 11. The second-order valence-corrected chi connectivity index (χ2v) is 8.99. The maximum absolute atomic E-state index is 13.5. The van der Waals surface area contributed by atoms with Gasteiger partial charge in [0.05, 0.1) is 0 Å². The van der Waals surface area contributed by atoms with E-state index in [0.717, 1.165) is 16.7 Å². The van der Waals surface area contributed by atoms with Crippen LogP contribution in [0.5, 0.6) is 5.75 Å². The number of amides is 2. The van der Waals surface area contributed by atoms with Gasteiger partial charge < -0.3 is 21.9 Å². The molecule has 3 aromatic carbocycles. The van der Waals surface area contributed by atoms with Crippen molar-refractivity contribution in [1.29, 1.82) is 0 Å². The first-order chi connectivity index (χ1) is 16.7. The molecule has 0 heterocycles. The molecule has 0 aliphatic heterocycles. The molecule has 0 aliphatic carbocycles. The number of phenols is 1. The van der Waals surface area contributed by atoms with Crippen LogP contribution < -0.4 is 16.8 Å². The summed E-state index contributed by atoms with van der Waals surface area (Å²) in [6.07, 6.45) is 0.902. The Hall–Kier alpha value is -3.68. The van der Waals surface area contributed by atoms with E-state index in [4.69, 9.17) is 11.5 Å². The van der Waals surface area contributed by atoms with Gasteiger partial charge in [0.15, 0.2) is 0 Å². The van der Waals surface area contributed by atoms with Gasteiger partial charge in [0.2, 0.25) is 11.8 Å². The maximum Gasteiger partial charge on any atom is 0.242 e. The lowest BCUT2D eigenvalue weighted by molar-refractivity contribution is -0.130. The highest BCUT2D eigenvalue weighted by Crippen LogP contribution is 2.22. The summed E-state index contributed by atoms with van der Waals surface area (Å²) in [4.78, 5) is 27.6. The molecular weight excluding hydrogens is 440 g/mol. The number of aryl methyl sites for hydroxylation is 1. The molecule has 0 saturated heterocycles. The van der Waals surface area contributed by atoms with Gasteiger partial charge in [-0.3, -0.25) is 14.5 Å². The number of phenolic OH excluding ortho intramolecular Hbond substituents is 1. The van der Waals surface area contributed by atoms with Crippen molar-refractivity contribution in [1.82, 2.24) is 10.2 Å². The Labute approximate surface area is 206 Å². The predicted octanol–water partition coefficient (Wildman–Crippen LogP) is 2.46.